The maximum Gasteiger partial charge on any atom is 0.0590 e. The minimum Gasteiger partial charge on any atom is -0.399 e. The van der Waals surface area contributed by atoms with E-state index in [9.17, 15) is 4.21 Å². The number of nitrogen functional groups attached to an aromatic ring is 1. The van der Waals surface area contributed by atoms with Crippen molar-refractivity contribution in [3.05, 3.63) is 41.2 Å². The summed E-state index contributed by atoms with van der Waals surface area (Å²) in [7, 11) is -1.18. The molecule has 2 N–H and O–H groups in total. The van der Waals surface area contributed by atoms with Crippen LogP contribution in [0.1, 0.15) is 12.5 Å². The Morgan fingerprint density at radius 1 is 1.50 bits per heavy atom. The lowest BCUT2D eigenvalue weighted by molar-refractivity contribution is 0.659. The number of hydrogen-bond donors (Lipinski definition) is 1. The normalized spacial score (nSPS) is 12.6. The van der Waals surface area contributed by atoms with Gasteiger partial charge in [-0.3, -0.25) is 8.89 Å². The molecule has 0 fully saturated rings. The Morgan fingerprint density at radius 3 is 2.89 bits per heavy atom. The van der Waals surface area contributed by atoms with E-state index >= 15 is 0 Å². The molecule has 4 nitrogen and oxygen atoms in total. The summed E-state index contributed by atoms with van der Waals surface area (Å²) in [6.07, 6.45) is 3.62. The molecule has 0 aliphatic carbocycles. The highest BCUT2D eigenvalue weighted by Crippen LogP contribution is 2.24. The van der Waals surface area contributed by atoms with Crippen molar-refractivity contribution in [2.45, 2.75) is 24.1 Å². The minimum absolute atomic E-state index is 0.406. The average Bonchev–Trinajstić information content (AvgIpc) is 2.76. The number of nitrogens with zero attached hydrogens (tertiary/aromatic N) is 2. The Kier molecular flexibility index (Phi) is 4.04. The molecule has 1 aromatic heterocycles. The highest BCUT2D eigenvalue weighted by molar-refractivity contribution is 7.84. The summed E-state index contributed by atoms with van der Waals surface area (Å²) in [6, 6.07) is 5.02. The van der Waals surface area contributed by atoms with E-state index in [-0.39, 0.29) is 0 Å². The fourth-order valence-electron chi connectivity index (χ4n) is 1.58. The number of nitrogens with two attached hydrogens (primary N) is 1. The SMILES string of the molecule is CCn1cc(CS(=O)c2ccc(N)cc2Cl)cn1. The van der Waals surface area contributed by atoms with Crippen LogP contribution < -0.4 is 5.73 Å². The Morgan fingerprint density at radius 2 is 2.28 bits per heavy atom. The third kappa shape index (κ3) is 2.91. The molecule has 2 aromatic rings. The molecule has 0 amide bonds. The van der Waals surface area contributed by atoms with Crippen molar-refractivity contribution < 1.29 is 4.21 Å². The first-order valence-corrected chi connectivity index (χ1v) is 7.24. The first-order valence-electron chi connectivity index (χ1n) is 5.55. The van der Waals surface area contributed by atoms with Gasteiger partial charge in [-0.25, -0.2) is 0 Å². The van der Waals surface area contributed by atoms with Crippen molar-refractivity contribution in [3.8, 4) is 0 Å². The van der Waals surface area contributed by atoms with Gasteiger partial charge in [0.1, 0.15) is 0 Å². The van der Waals surface area contributed by atoms with Crippen LogP contribution >= 0.6 is 11.6 Å². The Bertz CT molecular complexity index is 582. The monoisotopic (exact) mass is 283 g/mol. The van der Waals surface area contributed by atoms with E-state index in [0.29, 0.717) is 21.4 Å². The van der Waals surface area contributed by atoms with E-state index in [4.69, 9.17) is 17.3 Å². The van der Waals surface area contributed by atoms with Crippen LogP contribution in [0.3, 0.4) is 0 Å². The van der Waals surface area contributed by atoms with Crippen LogP contribution in [0.5, 0.6) is 0 Å². The van der Waals surface area contributed by atoms with Gasteiger partial charge < -0.3 is 5.73 Å². The summed E-state index contributed by atoms with van der Waals surface area (Å²) in [5, 5.41) is 4.59. The second-order valence-electron chi connectivity index (χ2n) is 3.88. The summed E-state index contributed by atoms with van der Waals surface area (Å²) in [5.41, 5.74) is 7.11. The van der Waals surface area contributed by atoms with Crippen molar-refractivity contribution in [1.82, 2.24) is 9.78 Å². The summed E-state index contributed by atoms with van der Waals surface area (Å²) >= 11 is 6.03. The molecule has 0 saturated heterocycles. The van der Waals surface area contributed by atoms with Gasteiger partial charge in [0.15, 0.2) is 0 Å². The quantitative estimate of drug-likeness (QED) is 0.877. The highest BCUT2D eigenvalue weighted by Gasteiger charge is 2.10. The third-order valence-corrected chi connectivity index (χ3v) is 4.38. The standard InChI is InChI=1S/C12H14ClN3OS/c1-2-16-7-9(6-15-16)8-18(17)12-4-3-10(14)5-11(12)13/h3-7H,2,8,14H2,1H3. The largest absolute Gasteiger partial charge is 0.399 e. The Hall–Kier alpha value is -1.33. The summed E-state index contributed by atoms with van der Waals surface area (Å²) < 4.78 is 14.0. The van der Waals surface area contributed by atoms with Crippen LogP contribution in [0.25, 0.3) is 0 Å². The van der Waals surface area contributed by atoms with Crippen LogP contribution in [0, 0.1) is 0 Å². The molecule has 0 aliphatic rings. The lowest BCUT2D eigenvalue weighted by Crippen LogP contribution is -1.98. The van der Waals surface area contributed by atoms with Crippen molar-refractivity contribution in [2.24, 2.45) is 0 Å². The van der Waals surface area contributed by atoms with Crippen LogP contribution in [-0.2, 0) is 23.1 Å². The number of halogens is 1. The molecule has 0 aliphatic heterocycles. The van der Waals surface area contributed by atoms with E-state index in [1.165, 1.54) is 0 Å². The number of rotatable bonds is 4. The van der Waals surface area contributed by atoms with Crippen LogP contribution in [0.4, 0.5) is 5.69 Å². The lowest BCUT2D eigenvalue weighted by Gasteiger charge is -2.04. The Balaban J connectivity index is 2.16. The number of aromatic nitrogens is 2. The number of hydrogen-bond acceptors (Lipinski definition) is 3. The van der Waals surface area contributed by atoms with Crippen molar-refractivity contribution in [1.29, 1.82) is 0 Å². The molecule has 0 radical (unpaired) electrons. The lowest BCUT2D eigenvalue weighted by atomic mass is 10.3. The average molecular weight is 284 g/mol. The summed E-state index contributed by atoms with van der Waals surface area (Å²) in [6.45, 7) is 2.81. The molecule has 1 atom stereocenters. The molecule has 6 heteroatoms. The number of benzene rings is 1. The van der Waals surface area contributed by atoms with Crippen molar-refractivity contribution in [2.75, 3.05) is 5.73 Å². The predicted octanol–water partition coefficient (Wildman–Crippen LogP) is 2.45. The topological polar surface area (TPSA) is 60.9 Å². The number of anilines is 1. The molecule has 2 rings (SSSR count). The van der Waals surface area contributed by atoms with Gasteiger partial charge in [-0.2, -0.15) is 5.10 Å². The fourth-order valence-corrected chi connectivity index (χ4v) is 3.14. The minimum atomic E-state index is -1.18. The van der Waals surface area contributed by atoms with Gasteiger partial charge in [0.05, 0.1) is 32.7 Å². The zero-order chi connectivity index (χ0) is 13.1. The number of aryl methyl sites for hydroxylation is 1. The molecule has 1 heterocycles. The van der Waals surface area contributed by atoms with E-state index < -0.39 is 10.8 Å². The van der Waals surface area contributed by atoms with Crippen LogP contribution in [0.15, 0.2) is 35.5 Å². The Labute approximate surface area is 113 Å². The first kappa shape index (κ1) is 13.1. The van der Waals surface area contributed by atoms with Gasteiger partial charge in [0.25, 0.3) is 0 Å². The van der Waals surface area contributed by atoms with E-state index in [1.54, 1.807) is 29.1 Å². The van der Waals surface area contributed by atoms with Crippen LogP contribution in [0.2, 0.25) is 5.02 Å². The molecule has 18 heavy (non-hydrogen) atoms. The van der Waals surface area contributed by atoms with Gasteiger partial charge in [0, 0.05) is 24.0 Å². The fraction of sp³-hybridized carbons (Fsp3) is 0.250. The maximum absolute atomic E-state index is 12.2. The molecular formula is C12H14ClN3OS. The predicted molar refractivity (Wildman–Crippen MR) is 73.9 cm³/mol. The molecule has 1 unspecified atom stereocenters. The molecule has 96 valence electrons. The van der Waals surface area contributed by atoms with E-state index in [1.807, 2.05) is 13.1 Å². The van der Waals surface area contributed by atoms with Crippen LogP contribution in [-0.4, -0.2) is 14.0 Å². The second-order valence-corrected chi connectivity index (χ2v) is 5.71. The molecule has 0 spiro atoms. The van der Waals surface area contributed by atoms with Crippen molar-refractivity contribution >= 4 is 28.1 Å². The molecule has 0 bridgehead atoms. The zero-order valence-corrected chi connectivity index (χ0v) is 11.5. The maximum atomic E-state index is 12.2. The smallest absolute Gasteiger partial charge is 0.0590 e. The van der Waals surface area contributed by atoms with Gasteiger partial charge in [-0.05, 0) is 25.1 Å². The third-order valence-electron chi connectivity index (χ3n) is 2.51. The summed E-state index contributed by atoms with van der Waals surface area (Å²) in [4.78, 5) is 0.607. The molecular weight excluding hydrogens is 270 g/mol. The zero-order valence-electron chi connectivity index (χ0n) is 9.97. The van der Waals surface area contributed by atoms with E-state index in [0.717, 1.165) is 12.1 Å². The molecule has 1 aromatic carbocycles. The molecule has 0 saturated carbocycles. The van der Waals surface area contributed by atoms with Gasteiger partial charge in [-0.15, -0.1) is 0 Å². The first-order chi connectivity index (χ1) is 8.60. The second kappa shape index (κ2) is 5.54. The van der Waals surface area contributed by atoms with Crippen molar-refractivity contribution in [3.63, 3.8) is 0 Å². The van der Waals surface area contributed by atoms with Gasteiger partial charge in [-0.1, -0.05) is 11.6 Å². The summed E-state index contributed by atoms with van der Waals surface area (Å²) in [5.74, 6) is 0.406. The highest BCUT2D eigenvalue weighted by atomic mass is 35.5. The van der Waals surface area contributed by atoms with Gasteiger partial charge >= 0.3 is 0 Å². The van der Waals surface area contributed by atoms with E-state index in [2.05, 4.69) is 5.10 Å². The van der Waals surface area contributed by atoms with Gasteiger partial charge in [0.2, 0.25) is 0 Å².